The van der Waals surface area contributed by atoms with Crippen molar-refractivity contribution in [1.29, 1.82) is 0 Å². The van der Waals surface area contributed by atoms with Crippen molar-refractivity contribution in [3.05, 3.63) is 29.7 Å². The minimum absolute atomic E-state index is 0.184. The number of aromatic nitrogens is 4. The van der Waals surface area contributed by atoms with Gasteiger partial charge in [-0.05, 0) is 6.92 Å². The molecule has 2 heterocycles. The summed E-state index contributed by atoms with van der Waals surface area (Å²) in [6.07, 6.45) is 3.19. The molecule has 0 aliphatic carbocycles. The van der Waals surface area contributed by atoms with Gasteiger partial charge in [-0.2, -0.15) is 10.2 Å². The fourth-order valence-electron chi connectivity index (χ4n) is 1.45. The van der Waals surface area contributed by atoms with Crippen molar-refractivity contribution in [3.8, 4) is 0 Å². The Morgan fingerprint density at radius 2 is 2.19 bits per heavy atom. The third kappa shape index (κ3) is 1.95. The van der Waals surface area contributed by atoms with Gasteiger partial charge in [0.2, 0.25) is 0 Å². The molecule has 0 aliphatic heterocycles. The van der Waals surface area contributed by atoms with Crippen molar-refractivity contribution in [3.63, 3.8) is 0 Å². The third-order valence-electron chi connectivity index (χ3n) is 2.21. The lowest BCUT2D eigenvalue weighted by Gasteiger charge is -2.02. The lowest BCUT2D eigenvalue weighted by molar-refractivity contribution is 0.102. The molecule has 0 fully saturated rings. The van der Waals surface area contributed by atoms with E-state index in [4.69, 9.17) is 0 Å². The van der Waals surface area contributed by atoms with Gasteiger partial charge in [-0.1, -0.05) is 0 Å². The lowest BCUT2D eigenvalue weighted by atomic mass is 10.3. The highest BCUT2D eigenvalue weighted by atomic mass is 16.1. The predicted molar refractivity (Wildman–Crippen MR) is 59.1 cm³/mol. The zero-order chi connectivity index (χ0) is 11.7. The first kappa shape index (κ1) is 10.4. The second-order valence-electron chi connectivity index (χ2n) is 3.65. The number of anilines is 1. The molecule has 0 spiro atoms. The van der Waals surface area contributed by atoms with Crippen molar-refractivity contribution < 1.29 is 4.79 Å². The van der Waals surface area contributed by atoms with Crippen LogP contribution in [0.3, 0.4) is 0 Å². The fourth-order valence-corrected chi connectivity index (χ4v) is 1.45. The lowest BCUT2D eigenvalue weighted by Crippen LogP contribution is -2.13. The summed E-state index contributed by atoms with van der Waals surface area (Å²) in [5.74, 6) is 0.488. The molecule has 2 aromatic heterocycles. The number of aryl methyl sites for hydroxylation is 3. The van der Waals surface area contributed by atoms with Crippen molar-refractivity contribution >= 4 is 11.7 Å². The Balaban J connectivity index is 2.16. The molecule has 84 valence electrons. The van der Waals surface area contributed by atoms with Gasteiger partial charge in [-0.15, -0.1) is 0 Å². The quantitative estimate of drug-likeness (QED) is 0.809. The first-order valence-corrected chi connectivity index (χ1v) is 4.87. The van der Waals surface area contributed by atoms with E-state index in [9.17, 15) is 4.79 Å². The number of hydrogen-bond acceptors (Lipinski definition) is 3. The molecule has 6 nitrogen and oxygen atoms in total. The molecule has 6 heteroatoms. The van der Waals surface area contributed by atoms with Gasteiger partial charge in [-0.3, -0.25) is 14.2 Å². The van der Waals surface area contributed by atoms with E-state index in [1.54, 1.807) is 29.7 Å². The minimum Gasteiger partial charge on any atom is -0.307 e. The van der Waals surface area contributed by atoms with Gasteiger partial charge >= 0.3 is 0 Å². The first-order valence-electron chi connectivity index (χ1n) is 4.87. The Bertz CT molecular complexity index is 525. The molecule has 2 rings (SSSR count). The highest BCUT2D eigenvalue weighted by Gasteiger charge is 2.10. The average Bonchev–Trinajstić information content (AvgIpc) is 2.74. The summed E-state index contributed by atoms with van der Waals surface area (Å²) in [6.45, 7) is 1.87. The molecule has 0 aliphatic rings. The highest BCUT2D eigenvalue weighted by Crippen LogP contribution is 2.09. The Labute approximate surface area is 92.9 Å². The molecule has 0 unspecified atom stereocenters. The van der Waals surface area contributed by atoms with Crippen LogP contribution in [0.5, 0.6) is 0 Å². The van der Waals surface area contributed by atoms with E-state index < -0.39 is 0 Å². The SMILES string of the molecule is Cc1cc(NC(=O)c2cnn(C)c2)n(C)n1. The van der Waals surface area contributed by atoms with E-state index in [1.165, 1.54) is 6.20 Å². The van der Waals surface area contributed by atoms with E-state index in [2.05, 4.69) is 15.5 Å². The number of nitrogens with one attached hydrogen (secondary N) is 1. The van der Waals surface area contributed by atoms with Crippen LogP contribution < -0.4 is 5.32 Å². The van der Waals surface area contributed by atoms with Gasteiger partial charge in [0, 0.05) is 26.4 Å². The van der Waals surface area contributed by atoms with Crippen LogP contribution in [0.1, 0.15) is 16.1 Å². The normalized spacial score (nSPS) is 10.4. The summed E-state index contributed by atoms with van der Waals surface area (Å²) in [4.78, 5) is 11.8. The van der Waals surface area contributed by atoms with Crippen molar-refractivity contribution in [1.82, 2.24) is 19.6 Å². The van der Waals surface area contributed by atoms with Crippen molar-refractivity contribution in [2.24, 2.45) is 14.1 Å². The molecule has 0 bridgehead atoms. The predicted octanol–water partition coefficient (Wildman–Crippen LogP) is 0.714. The Hall–Kier alpha value is -2.11. The molecule has 0 atom stereocenters. The standard InChI is InChI=1S/C10H13N5O/c1-7-4-9(15(3)13-7)12-10(16)8-5-11-14(2)6-8/h4-6H,1-3H3,(H,12,16). The topological polar surface area (TPSA) is 64.7 Å². The van der Waals surface area contributed by atoms with E-state index in [-0.39, 0.29) is 5.91 Å². The maximum Gasteiger partial charge on any atom is 0.259 e. The van der Waals surface area contributed by atoms with Crippen molar-refractivity contribution in [2.75, 3.05) is 5.32 Å². The van der Waals surface area contributed by atoms with Crippen molar-refractivity contribution in [2.45, 2.75) is 6.92 Å². The van der Waals surface area contributed by atoms with Crippen LogP contribution in [0.15, 0.2) is 18.5 Å². The molecule has 0 radical (unpaired) electrons. The number of nitrogens with zero attached hydrogens (tertiary/aromatic N) is 4. The summed E-state index contributed by atoms with van der Waals surface area (Å²) in [7, 11) is 3.55. The van der Waals surface area contributed by atoms with E-state index in [1.807, 2.05) is 13.0 Å². The molecular formula is C10H13N5O. The van der Waals surface area contributed by atoms with E-state index >= 15 is 0 Å². The van der Waals surface area contributed by atoms with Gasteiger partial charge in [0.05, 0.1) is 17.5 Å². The van der Waals surface area contributed by atoms with E-state index in [0.717, 1.165) is 5.69 Å². The summed E-state index contributed by atoms with van der Waals surface area (Å²) in [5.41, 5.74) is 1.39. The maximum atomic E-state index is 11.8. The van der Waals surface area contributed by atoms with E-state index in [0.29, 0.717) is 11.4 Å². The highest BCUT2D eigenvalue weighted by molar-refractivity contribution is 6.03. The summed E-state index contributed by atoms with van der Waals surface area (Å²) in [5, 5.41) is 10.9. The van der Waals surface area contributed by atoms with Gasteiger partial charge in [0.25, 0.3) is 5.91 Å². The number of carbonyl (C=O) groups is 1. The molecule has 1 N–H and O–H groups in total. The molecule has 2 aromatic rings. The molecule has 0 saturated carbocycles. The fraction of sp³-hybridized carbons (Fsp3) is 0.300. The molecule has 0 saturated heterocycles. The largest absolute Gasteiger partial charge is 0.307 e. The average molecular weight is 219 g/mol. The molecular weight excluding hydrogens is 206 g/mol. The second-order valence-corrected chi connectivity index (χ2v) is 3.65. The Morgan fingerprint density at radius 3 is 2.69 bits per heavy atom. The van der Waals surface area contributed by atoms with Gasteiger partial charge in [0.15, 0.2) is 0 Å². The molecule has 1 amide bonds. The van der Waals surface area contributed by atoms with Gasteiger partial charge in [0.1, 0.15) is 5.82 Å². The summed E-state index contributed by atoms with van der Waals surface area (Å²) >= 11 is 0. The van der Waals surface area contributed by atoms with Gasteiger partial charge < -0.3 is 5.32 Å². The molecule has 0 aromatic carbocycles. The summed E-state index contributed by atoms with van der Waals surface area (Å²) in [6, 6.07) is 1.81. The molecule has 16 heavy (non-hydrogen) atoms. The number of amides is 1. The first-order chi connectivity index (χ1) is 7.56. The van der Waals surface area contributed by atoms with Crippen LogP contribution in [0.4, 0.5) is 5.82 Å². The second kappa shape index (κ2) is 3.80. The minimum atomic E-state index is -0.184. The number of rotatable bonds is 2. The zero-order valence-corrected chi connectivity index (χ0v) is 9.43. The number of hydrogen-bond donors (Lipinski definition) is 1. The third-order valence-corrected chi connectivity index (χ3v) is 2.21. The summed E-state index contributed by atoms with van der Waals surface area (Å²) < 4.78 is 3.22. The van der Waals surface area contributed by atoms with Crippen LogP contribution >= 0.6 is 0 Å². The Morgan fingerprint density at radius 1 is 1.44 bits per heavy atom. The van der Waals surface area contributed by atoms with Crippen LogP contribution in [-0.2, 0) is 14.1 Å². The van der Waals surface area contributed by atoms with Crippen LogP contribution in [0.2, 0.25) is 0 Å². The Kier molecular flexibility index (Phi) is 2.47. The smallest absolute Gasteiger partial charge is 0.259 e. The number of carbonyl (C=O) groups excluding carboxylic acids is 1. The van der Waals surface area contributed by atoms with Crippen LogP contribution in [0.25, 0.3) is 0 Å². The van der Waals surface area contributed by atoms with Crippen LogP contribution in [-0.4, -0.2) is 25.5 Å². The maximum absolute atomic E-state index is 11.8. The zero-order valence-electron chi connectivity index (χ0n) is 9.43. The van der Waals surface area contributed by atoms with Gasteiger partial charge in [-0.25, -0.2) is 0 Å². The van der Waals surface area contributed by atoms with Crippen LogP contribution in [0, 0.1) is 6.92 Å². The monoisotopic (exact) mass is 219 g/mol.